The van der Waals surface area contributed by atoms with Gasteiger partial charge < -0.3 is 24.7 Å². The van der Waals surface area contributed by atoms with Crippen molar-refractivity contribution in [2.45, 2.75) is 26.1 Å². The molecule has 1 aromatic carbocycles. The Hall–Kier alpha value is -2.68. The maximum absolute atomic E-state index is 13.7. The van der Waals surface area contributed by atoms with Gasteiger partial charge in [-0.2, -0.15) is 13.2 Å². The number of nitrogens with zero attached hydrogens (tertiary/aromatic N) is 2. The maximum atomic E-state index is 13.7. The fourth-order valence-corrected chi connectivity index (χ4v) is 3.25. The molecule has 1 fully saturated rings. The highest BCUT2D eigenvalue weighted by atomic mass is 19.4. The van der Waals surface area contributed by atoms with Crippen molar-refractivity contribution in [3.8, 4) is 0 Å². The van der Waals surface area contributed by atoms with E-state index in [1.165, 1.54) is 12.1 Å². The minimum atomic E-state index is -4.45. The molecule has 1 aliphatic rings. The first-order valence-electron chi connectivity index (χ1n) is 10.0. The van der Waals surface area contributed by atoms with Crippen LogP contribution in [0.5, 0.6) is 0 Å². The average molecular weight is 424 g/mol. The molecule has 9 heteroatoms. The molecular weight excluding hydrogens is 397 g/mol. The molecule has 1 saturated heterocycles. The molecule has 0 unspecified atom stereocenters. The Morgan fingerprint density at radius 3 is 2.63 bits per heavy atom. The molecule has 1 aromatic heterocycles. The molecule has 2 N–H and O–H groups in total. The van der Waals surface area contributed by atoms with Gasteiger partial charge in [0.05, 0.1) is 31.6 Å². The van der Waals surface area contributed by atoms with E-state index in [0.717, 1.165) is 5.76 Å². The van der Waals surface area contributed by atoms with Gasteiger partial charge in [-0.25, -0.2) is 4.99 Å². The summed E-state index contributed by atoms with van der Waals surface area (Å²) < 4.78 is 51.6. The number of benzene rings is 1. The lowest BCUT2D eigenvalue weighted by atomic mass is 10.1. The largest absolute Gasteiger partial charge is 0.469 e. The van der Waals surface area contributed by atoms with E-state index in [9.17, 15) is 13.2 Å². The van der Waals surface area contributed by atoms with E-state index in [1.54, 1.807) is 12.3 Å². The predicted molar refractivity (Wildman–Crippen MR) is 110 cm³/mol. The van der Waals surface area contributed by atoms with Gasteiger partial charge in [0.1, 0.15) is 5.76 Å². The van der Waals surface area contributed by atoms with Crippen LogP contribution in [0.15, 0.2) is 46.0 Å². The summed E-state index contributed by atoms with van der Waals surface area (Å²) in [7, 11) is 0. The quantitative estimate of drug-likeness (QED) is 0.527. The van der Waals surface area contributed by atoms with E-state index < -0.39 is 11.7 Å². The average Bonchev–Trinajstić information content (AvgIpc) is 3.25. The second-order valence-corrected chi connectivity index (χ2v) is 6.89. The number of morpholine rings is 1. The molecule has 0 atom stereocenters. The maximum Gasteiger partial charge on any atom is 0.416 e. The number of halogens is 3. The monoisotopic (exact) mass is 424 g/mol. The molecular formula is C21H27F3N4O2. The summed E-state index contributed by atoms with van der Waals surface area (Å²) in [5.74, 6) is 1.30. The van der Waals surface area contributed by atoms with Crippen molar-refractivity contribution < 1.29 is 22.3 Å². The van der Waals surface area contributed by atoms with Gasteiger partial charge in [0.2, 0.25) is 0 Å². The number of ether oxygens (including phenoxy) is 1. The molecule has 164 valence electrons. The first-order chi connectivity index (χ1) is 14.5. The number of hydrogen-bond donors (Lipinski definition) is 2. The summed E-state index contributed by atoms with van der Waals surface area (Å²) in [6, 6.07) is 8.14. The minimum absolute atomic E-state index is 0.0751. The van der Waals surface area contributed by atoms with E-state index in [2.05, 4.69) is 15.6 Å². The fourth-order valence-electron chi connectivity index (χ4n) is 3.25. The summed E-state index contributed by atoms with van der Waals surface area (Å²) in [5.41, 5.74) is 0.0475. The van der Waals surface area contributed by atoms with Crippen LogP contribution in [0, 0.1) is 0 Å². The molecule has 0 amide bonds. The lowest BCUT2D eigenvalue weighted by molar-refractivity contribution is -0.138. The van der Waals surface area contributed by atoms with Crippen LogP contribution < -0.4 is 15.5 Å². The number of hydrogen-bond acceptors (Lipinski definition) is 4. The molecule has 0 radical (unpaired) electrons. The summed E-state index contributed by atoms with van der Waals surface area (Å²) >= 11 is 0. The van der Waals surface area contributed by atoms with E-state index >= 15 is 0 Å². The Morgan fingerprint density at radius 2 is 1.97 bits per heavy atom. The number of rotatable bonds is 7. The van der Waals surface area contributed by atoms with Gasteiger partial charge in [-0.1, -0.05) is 6.07 Å². The van der Waals surface area contributed by atoms with Gasteiger partial charge >= 0.3 is 6.18 Å². The molecule has 0 spiro atoms. The first-order valence-corrected chi connectivity index (χ1v) is 10.0. The highest BCUT2D eigenvalue weighted by Crippen LogP contribution is 2.35. The van der Waals surface area contributed by atoms with Crippen molar-refractivity contribution in [2.75, 3.05) is 44.3 Å². The Morgan fingerprint density at radius 1 is 1.17 bits per heavy atom. The molecule has 3 rings (SSSR count). The van der Waals surface area contributed by atoms with Gasteiger partial charge in [0, 0.05) is 38.3 Å². The Labute approximate surface area is 174 Å². The third kappa shape index (κ3) is 6.16. The standard InChI is InChI=1S/C21H27F3N4O2/c1-2-25-20(26-8-7-18-4-3-11-30-18)27-15-16-5-6-17(14-19(16)21(22,23)24)28-9-12-29-13-10-28/h3-6,11,14H,2,7-10,12-13,15H2,1H3,(H2,25,26,27). The van der Waals surface area contributed by atoms with Crippen molar-refractivity contribution in [1.82, 2.24) is 10.6 Å². The highest BCUT2D eigenvalue weighted by Gasteiger charge is 2.34. The van der Waals surface area contributed by atoms with E-state index in [0.29, 0.717) is 57.5 Å². The zero-order chi connectivity index (χ0) is 21.4. The molecule has 1 aliphatic heterocycles. The van der Waals surface area contributed by atoms with Crippen LogP contribution in [0.3, 0.4) is 0 Å². The predicted octanol–water partition coefficient (Wildman–Crippen LogP) is 3.43. The minimum Gasteiger partial charge on any atom is -0.469 e. The van der Waals surface area contributed by atoms with Crippen LogP contribution in [0.2, 0.25) is 0 Å². The van der Waals surface area contributed by atoms with E-state index in [-0.39, 0.29) is 12.1 Å². The van der Waals surface area contributed by atoms with Crippen LogP contribution in [-0.2, 0) is 23.9 Å². The highest BCUT2D eigenvalue weighted by molar-refractivity contribution is 5.79. The zero-order valence-corrected chi connectivity index (χ0v) is 17.0. The van der Waals surface area contributed by atoms with E-state index in [4.69, 9.17) is 9.15 Å². The molecule has 2 aromatic rings. The first kappa shape index (κ1) is 22.0. The molecule has 2 heterocycles. The Kier molecular flexibility index (Phi) is 7.62. The number of furan rings is 1. The van der Waals surface area contributed by atoms with Gasteiger partial charge in [0.15, 0.2) is 5.96 Å². The van der Waals surface area contributed by atoms with Crippen molar-refractivity contribution in [2.24, 2.45) is 4.99 Å². The van der Waals surface area contributed by atoms with Crippen LogP contribution in [0.1, 0.15) is 23.8 Å². The van der Waals surface area contributed by atoms with E-state index in [1.807, 2.05) is 24.0 Å². The van der Waals surface area contributed by atoms with Crippen LogP contribution in [-0.4, -0.2) is 45.4 Å². The second-order valence-electron chi connectivity index (χ2n) is 6.89. The summed E-state index contributed by atoms with van der Waals surface area (Å²) in [6.07, 6.45) is -2.19. The second kappa shape index (κ2) is 10.4. The smallest absolute Gasteiger partial charge is 0.416 e. The van der Waals surface area contributed by atoms with Gasteiger partial charge in [-0.3, -0.25) is 0 Å². The third-order valence-electron chi connectivity index (χ3n) is 4.77. The lowest BCUT2D eigenvalue weighted by Gasteiger charge is -2.29. The molecule has 0 saturated carbocycles. The normalized spacial score (nSPS) is 15.3. The fraction of sp³-hybridized carbons (Fsp3) is 0.476. The van der Waals surface area contributed by atoms with Crippen molar-refractivity contribution in [3.63, 3.8) is 0 Å². The third-order valence-corrected chi connectivity index (χ3v) is 4.77. The number of anilines is 1. The summed E-state index contributed by atoms with van der Waals surface area (Å²) in [4.78, 5) is 6.26. The molecule has 0 aliphatic carbocycles. The summed E-state index contributed by atoms with van der Waals surface area (Å²) in [6.45, 7) is 5.19. The molecule has 6 nitrogen and oxygen atoms in total. The van der Waals surface area contributed by atoms with Crippen molar-refractivity contribution >= 4 is 11.6 Å². The Balaban J connectivity index is 1.71. The van der Waals surface area contributed by atoms with Gasteiger partial charge in [-0.05, 0) is 36.8 Å². The zero-order valence-electron chi connectivity index (χ0n) is 17.0. The van der Waals surface area contributed by atoms with Crippen LogP contribution >= 0.6 is 0 Å². The number of aliphatic imine (C=N–C) groups is 1. The molecule has 0 bridgehead atoms. The number of alkyl halides is 3. The number of guanidine groups is 1. The molecule has 30 heavy (non-hydrogen) atoms. The van der Waals surface area contributed by atoms with Crippen molar-refractivity contribution in [1.29, 1.82) is 0 Å². The van der Waals surface area contributed by atoms with Crippen LogP contribution in [0.4, 0.5) is 18.9 Å². The van der Waals surface area contributed by atoms with Gasteiger partial charge in [0.25, 0.3) is 0 Å². The SMILES string of the molecule is CCNC(=NCc1ccc(N2CCOCC2)cc1C(F)(F)F)NCCc1ccco1. The number of nitrogens with one attached hydrogen (secondary N) is 2. The van der Waals surface area contributed by atoms with Crippen molar-refractivity contribution in [3.05, 3.63) is 53.5 Å². The van der Waals surface area contributed by atoms with Gasteiger partial charge in [-0.15, -0.1) is 0 Å². The van der Waals surface area contributed by atoms with Crippen LogP contribution in [0.25, 0.3) is 0 Å². The topological polar surface area (TPSA) is 62.0 Å². The summed E-state index contributed by atoms with van der Waals surface area (Å²) in [5, 5.41) is 6.19. The Bertz CT molecular complexity index is 816. The lowest BCUT2D eigenvalue weighted by Crippen LogP contribution is -2.38.